The number of thioether (sulfide) groups is 1. The SMILES string of the molecule is O=C1N[C@@H]2[C@@H](CS[C@@H]2CCCCC(=O)N2CCN(CCN3C(=O)C=CC3=O)CC2)N1. The minimum Gasteiger partial charge on any atom is -0.340 e. The lowest BCUT2D eigenvalue weighted by atomic mass is 10.0. The van der Waals surface area contributed by atoms with Crippen LogP contribution < -0.4 is 10.6 Å². The monoisotopic (exact) mass is 435 g/mol. The third kappa shape index (κ3) is 4.80. The Balaban J connectivity index is 1.09. The third-order valence-electron chi connectivity index (χ3n) is 6.33. The second-order valence-corrected chi connectivity index (χ2v) is 9.52. The summed E-state index contributed by atoms with van der Waals surface area (Å²) >= 11 is 1.91. The van der Waals surface area contributed by atoms with E-state index in [-0.39, 0.29) is 35.8 Å². The standard InChI is InChI=1S/C20H29N5O4S/c26-16(4-2-1-3-15-19-14(13-30-15)21-20(29)22-19)24-10-7-23(8-11-24)9-12-25-17(27)5-6-18(25)28/h5-6,14-15,19H,1-4,7-13H2,(H2,21,22,29)/t14-,15-,19-/m1/s1. The first-order valence-corrected chi connectivity index (χ1v) is 11.8. The topological polar surface area (TPSA) is 102 Å². The van der Waals surface area contributed by atoms with E-state index in [2.05, 4.69) is 15.5 Å². The Labute approximate surface area is 180 Å². The highest BCUT2D eigenvalue weighted by Gasteiger charge is 2.42. The average Bonchev–Trinajstić information content (AvgIpc) is 3.39. The molecule has 9 nitrogen and oxygen atoms in total. The maximum Gasteiger partial charge on any atom is 0.315 e. The van der Waals surface area contributed by atoms with Crippen molar-refractivity contribution >= 4 is 35.5 Å². The van der Waals surface area contributed by atoms with E-state index < -0.39 is 0 Å². The normalized spacial score (nSPS) is 28.8. The van der Waals surface area contributed by atoms with Gasteiger partial charge in [-0.25, -0.2) is 4.79 Å². The molecule has 30 heavy (non-hydrogen) atoms. The van der Waals surface area contributed by atoms with Crippen molar-refractivity contribution in [3.05, 3.63) is 12.2 Å². The van der Waals surface area contributed by atoms with Crippen molar-refractivity contribution < 1.29 is 19.2 Å². The summed E-state index contributed by atoms with van der Waals surface area (Å²) in [6.45, 7) is 3.97. The number of piperazine rings is 1. The van der Waals surface area contributed by atoms with Crippen molar-refractivity contribution in [2.75, 3.05) is 45.0 Å². The lowest BCUT2D eigenvalue weighted by Gasteiger charge is -2.35. The van der Waals surface area contributed by atoms with Crippen LogP contribution in [0.5, 0.6) is 0 Å². The van der Waals surface area contributed by atoms with Gasteiger partial charge in [-0.3, -0.25) is 24.2 Å². The third-order valence-corrected chi connectivity index (χ3v) is 7.84. The van der Waals surface area contributed by atoms with Crippen molar-refractivity contribution in [1.82, 2.24) is 25.3 Å². The molecule has 0 spiro atoms. The Kier molecular flexibility index (Phi) is 6.62. The summed E-state index contributed by atoms with van der Waals surface area (Å²) < 4.78 is 0. The van der Waals surface area contributed by atoms with Gasteiger partial charge in [0.25, 0.3) is 11.8 Å². The van der Waals surface area contributed by atoms with E-state index in [1.54, 1.807) is 0 Å². The van der Waals surface area contributed by atoms with Gasteiger partial charge in [-0.05, 0) is 12.8 Å². The van der Waals surface area contributed by atoms with Gasteiger partial charge in [-0.1, -0.05) is 6.42 Å². The number of fused-ring (bicyclic) bond motifs is 1. The Morgan fingerprint density at radius 3 is 2.47 bits per heavy atom. The smallest absolute Gasteiger partial charge is 0.315 e. The Hall–Kier alpha value is -2.07. The van der Waals surface area contributed by atoms with Gasteiger partial charge >= 0.3 is 6.03 Å². The van der Waals surface area contributed by atoms with Crippen LogP contribution in [0, 0.1) is 0 Å². The summed E-state index contributed by atoms with van der Waals surface area (Å²) in [5.41, 5.74) is 0. The average molecular weight is 436 g/mol. The number of nitrogens with one attached hydrogen (secondary N) is 2. The molecule has 164 valence electrons. The van der Waals surface area contributed by atoms with Gasteiger partial charge in [-0.15, -0.1) is 0 Å². The molecule has 5 amide bonds. The van der Waals surface area contributed by atoms with Gasteiger partial charge in [0.1, 0.15) is 0 Å². The Morgan fingerprint density at radius 1 is 1.00 bits per heavy atom. The van der Waals surface area contributed by atoms with Gasteiger partial charge in [-0.2, -0.15) is 11.8 Å². The highest BCUT2D eigenvalue weighted by molar-refractivity contribution is 8.00. The van der Waals surface area contributed by atoms with Gasteiger partial charge in [0.05, 0.1) is 12.1 Å². The summed E-state index contributed by atoms with van der Waals surface area (Å²) in [6, 6.07) is 0.427. The van der Waals surface area contributed by atoms with Crippen molar-refractivity contribution in [3.63, 3.8) is 0 Å². The number of hydrogen-bond acceptors (Lipinski definition) is 6. The minimum atomic E-state index is -0.244. The molecular formula is C20H29N5O4S. The van der Waals surface area contributed by atoms with Crippen molar-refractivity contribution in [3.8, 4) is 0 Å². The molecule has 10 heteroatoms. The first-order valence-electron chi connectivity index (χ1n) is 10.7. The molecule has 0 unspecified atom stereocenters. The van der Waals surface area contributed by atoms with Crippen LogP contribution in [0.1, 0.15) is 25.7 Å². The Morgan fingerprint density at radius 2 is 1.73 bits per heavy atom. The number of nitrogens with zero attached hydrogens (tertiary/aromatic N) is 3. The molecule has 0 radical (unpaired) electrons. The molecular weight excluding hydrogens is 406 g/mol. The molecule has 0 aromatic rings. The number of imide groups is 1. The number of hydrogen-bond donors (Lipinski definition) is 2. The molecule has 4 aliphatic rings. The quantitative estimate of drug-likeness (QED) is 0.311. The zero-order chi connectivity index (χ0) is 21.1. The maximum atomic E-state index is 12.5. The van der Waals surface area contributed by atoms with Gasteiger partial charge in [0.15, 0.2) is 0 Å². The van der Waals surface area contributed by atoms with Gasteiger partial charge in [0.2, 0.25) is 5.91 Å². The fourth-order valence-corrected chi connectivity index (χ4v) is 6.08. The molecule has 4 heterocycles. The van der Waals surface area contributed by atoms with Crippen LogP contribution in [0.25, 0.3) is 0 Å². The molecule has 0 aromatic carbocycles. The first kappa shape index (κ1) is 21.2. The molecule has 2 N–H and O–H groups in total. The number of urea groups is 1. The summed E-state index contributed by atoms with van der Waals surface area (Å²) in [6.07, 6.45) is 6.08. The number of carbonyl (C=O) groups is 4. The van der Waals surface area contributed by atoms with E-state index in [0.29, 0.717) is 37.8 Å². The number of rotatable bonds is 8. The number of amides is 5. The molecule has 4 aliphatic heterocycles. The second-order valence-electron chi connectivity index (χ2n) is 8.25. The summed E-state index contributed by atoms with van der Waals surface area (Å²) in [5.74, 6) is 0.684. The van der Waals surface area contributed by atoms with Crippen molar-refractivity contribution in [1.29, 1.82) is 0 Å². The molecule has 3 saturated heterocycles. The predicted octanol–water partition coefficient (Wildman–Crippen LogP) is -0.219. The van der Waals surface area contributed by atoms with E-state index in [9.17, 15) is 19.2 Å². The fraction of sp³-hybridized carbons (Fsp3) is 0.700. The van der Waals surface area contributed by atoms with E-state index in [1.165, 1.54) is 17.1 Å². The summed E-state index contributed by atoms with van der Waals surface area (Å²) in [5, 5.41) is 6.41. The Bertz CT molecular complexity index is 719. The number of unbranched alkanes of at least 4 members (excludes halogenated alkanes) is 1. The zero-order valence-electron chi connectivity index (χ0n) is 17.0. The highest BCUT2D eigenvalue weighted by atomic mass is 32.2. The largest absolute Gasteiger partial charge is 0.340 e. The molecule has 4 rings (SSSR count). The van der Waals surface area contributed by atoms with Crippen LogP contribution in [0.4, 0.5) is 4.79 Å². The lowest BCUT2D eigenvalue weighted by Crippen LogP contribution is -2.50. The van der Waals surface area contributed by atoms with Crippen molar-refractivity contribution in [2.24, 2.45) is 0 Å². The molecule has 3 fully saturated rings. The van der Waals surface area contributed by atoms with E-state index in [4.69, 9.17) is 0 Å². The van der Waals surface area contributed by atoms with E-state index in [0.717, 1.165) is 38.1 Å². The molecule has 0 aliphatic carbocycles. The molecule has 0 saturated carbocycles. The second kappa shape index (κ2) is 9.38. The van der Waals surface area contributed by atoms with Crippen molar-refractivity contribution in [2.45, 2.75) is 43.0 Å². The van der Waals surface area contributed by atoms with Crippen LogP contribution >= 0.6 is 11.8 Å². The minimum absolute atomic E-state index is 0.0556. The van der Waals surface area contributed by atoms with Crippen LogP contribution in [-0.4, -0.2) is 101 Å². The fourth-order valence-electron chi connectivity index (χ4n) is 4.54. The molecule has 3 atom stereocenters. The van der Waals surface area contributed by atoms with E-state index >= 15 is 0 Å². The van der Waals surface area contributed by atoms with Crippen LogP contribution in [-0.2, 0) is 14.4 Å². The highest BCUT2D eigenvalue weighted by Crippen LogP contribution is 2.33. The summed E-state index contributed by atoms with van der Waals surface area (Å²) in [7, 11) is 0. The van der Waals surface area contributed by atoms with Gasteiger partial charge < -0.3 is 15.5 Å². The van der Waals surface area contributed by atoms with E-state index in [1.807, 2.05) is 16.7 Å². The molecule has 0 aromatic heterocycles. The van der Waals surface area contributed by atoms with Crippen LogP contribution in [0.2, 0.25) is 0 Å². The lowest BCUT2D eigenvalue weighted by molar-refractivity contribution is -0.137. The van der Waals surface area contributed by atoms with Crippen LogP contribution in [0.3, 0.4) is 0 Å². The summed E-state index contributed by atoms with van der Waals surface area (Å²) in [4.78, 5) is 52.5. The predicted molar refractivity (Wildman–Crippen MR) is 113 cm³/mol. The molecule has 0 bridgehead atoms. The zero-order valence-corrected chi connectivity index (χ0v) is 17.9. The van der Waals surface area contributed by atoms with Gasteiger partial charge in [0, 0.05) is 68.8 Å². The first-order chi connectivity index (χ1) is 14.5. The maximum absolute atomic E-state index is 12.5. The van der Waals surface area contributed by atoms with Crippen LogP contribution in [0.15, 0.2) is 12.2 Å². The number of carbonyl (C=O) groups excluding carboxylic acids is 4.